The number of ether oxygens (including phenoxy) is 1. The molecule has 0 aliphatic carbocycles. The summed E-state index contributed by atoms with van der Waals surface area (Å²) in [6.07, 6.45) is 0. The van der Waals surface area contributed by atoms with E-state index < -0.39 is 15.9 Å². The van der Waals surface area contributed by atoms with Crippen molar-refractivity contribution in [1.29, 1.82) is 0 Å². The van der Waals surface area contributed by atoms with Crippen molar-refractivity contribution in [1.82, 2.24) is 5.32 Å². The fourth-order valence-electron chi connectivity index (χ4n) is 3.08. The highest BCUT2D eigenvalue weighted by Gasteiger charge is 2.22. The second-order valence-electron chi connectivity index (χ2n) is 7.31. The molecule has 0 radical (unpaired) electrons. The maximum atomic E-state index is 13.0. The van der Waals surface area contributed by atoms with Crippen molar-refractivity contribution < 1.29 is 22.7 Å². The lowest BCUT2D eigenvalue weighted by molar-refractivity contribution is 0.0938. The molecule has 0 aliphatic rings. The van der Waals surface area contributed by atoms with Crippen molar-refractivity contribution in [3.63, 3.8) is 0 Å². The molecule has 0 saturated carbocycles. The number of benzene rings is 3. The molecule has 3 aromatic rings. The summed E-state index contributed by atoms with van der Waals surface area (Å²) in [6, 6.07) is 17.3. The Kier molecular flexibility index (Phi) is 8.27. The van der Waals surface area contributed by atoms with E-state index in [1.165, 1.54) is 25.3 Å². The van der Waals surface area contributed by atoms with Crippen LogP contribution in [0.5, 0.6) is 0 Å². The molecule has 3 rings (SSSR count). The lowest BCUT2D eigenvalue weighted by Crippen LogP contribution is -2.28. The van der Waals surface area contributed by atoms with Crippen LogP contribution in [0.4, 0.5) is 11.4 Å². The van der Waals surface area contributed by atoms with Crippen molar-refractivity contribution in [2.45, 2.75) is 11.8 Å². The molecule has 3 aromatic carbocycles. The first-order chi connectivity index (χ1) is 16.2. The first-order valence-corrected chi connectivity index (χ1v) is 12.1. The molecule has 3 N–H and O–H groups in total. The van der Waals surface area contributed by atoms with Gasteiger partial charge in [-0.15, -0.1) is 0 Å². The molecule has 0 bridgehead atoms. The minimum Gasteiger partial charge on any atom is -0.383 e. The molecule has 0 unspecified atom stereocenters. The molecule has 0 aromatic heterocycles. The van der Waals surface area contributed by atoms with E-state index in [1.807, 2.05) is 0 Å². The van der Waals surface area contributed by atoms with E-state index in [0.717, 1.165) is 5.56 Å². The first-order valence-electron chi connectivity index (χ1n) is 10.3. The maximum absolute atomic E-state index is 13.0. The first kappa shape index (κ1) is 25.2. The lowest BCUT2D eigenvalue weighted by Gasteiger charge is -2.14. The topological polar surface area (TPSA) is 114 Å². The van der Waals surface area contributed by atoms with Crippen LogP contribution in [0.1, 0.15) is 26.3 Å². The Balaban J connectivity index is 1.85. The molecule has 8 nitrogen and oxygen atoms in total. The Hall–Kier alpha value is -3.40. The van der Waals surface area contributed by atoms with E-state index >= 15 is 0 Å². The molecule has 0 heterocycles. The average molecular weight is 502 g/mol. The van der Waals surface area contributed by atoms with Gasteiger partial charge in [-0.3, -0.25) is 14.3 Å². The normalized spacial score (nSPS) is 11.0. The van der Waals surface area contributed by atoms with Gasteiger partial charge in [0.05, 0.1) is 28.6 Å². The van der Waals surface area contributed by atoms with Crippen LogP contribution in [0.15, 0.2) is 71.6 Å². The van der Waals surface area contributed by atoms with Gasteiger partial charge in [-0.25, -0.2) is 8.42 Å². The number of hydrogen-bond acceptors (Lipinski definition) is 5. The van der Waals surface area contributed by atoms with Crippen molar-refractivity contribution >= 4 is 44.8 Å². The molecule has 0 aliphatic heterocycles. The predicted molar refractivity (Wildman–Crippen MR) is 132 cm³/mol. The van der Waals surface area contributed by atoms with Gasteiger partial charge in [-0.2, -0.15) is 0 Å². The zero-order valence-corrected chi connectivity index (χ0v) is 20.2. The van der Waals surface area contributed by atoms with Gasteiger partial charge in [0, 0.05) is 19.2 Å². The lowest BCUT2D eigenvalue weighted by atomic mass is 10.1. The Morgan fingerprint density at radius 2 is 1.62 bits per heavy atom. The Bertz CT molecular complexity index is 1310. The Morgan fingerprint density at radius 1 is 0.941 bits per heavy atom. The third-order valence-electron chi connectivity index (χ3n) is 4.88. The fraction of sp³-hybridized carbons (Fsp3) is 0.167. The molecular formula is C24H24ClN3O5S. The van der Waals surface area contributed by atoms with E-state index in [2.05, 4.69) is 15.4 Å². The third kappa shape index (κ3) is 6.13. The molecule has 0 saturated heterocycles. The van der Waals surface area contributed by atoms with Crippen LogP contribution < -0.4 is 15.4 Å². The highest BCUT2D eigenvalue weighted by atomic mass is 35.5. The van der Waals surface area contributed by atoms with Gasteiger partial charge in [0.15, 0.2) is 0 Å². The summed E-state index contributed by atoms with van der Waals surface area (Å²) < 4.78 is 33.4. The summed E-state index contributed by atoms with van der Waals surface area (Å²) in [7, 11) is -2.54. The minimum atomic E-state index is -4.07. The van der Waals surface area contributed by atoms with Crippen molar-refractivity contribution in [3.8, 4) is 0 Å². The fourth-order valence-corrected chi connectivity index (χ4v) is 4.74. The van der Waals surface area contributed by atoms with Gasteiger partial charge in [0.25, 0.3) is 21.8 Å². The standard InChI is InChI=1S/C24H24ClN3O5S/c1-16-7-3-5-9-20(16)28-34(31,32)22-15-17(11-12-19(22)25)23(29)27-21-10-6-4-8-18(21)24(30)26-13-14-33-2/h3-12,15,28H,13-14H2,1-2H3,(H,26,30)(H,27,29). The summed E-state index contributed by atoms with van der Waals surface area (Å²) in [5.74, 6) is -0.976. The second kappa shape index (κ2) is 11.1. The number of para-hydroxylation sites is 2. The molecule has 0 fully saturated rings. The summed E-state index contributed by atoms with van der Waals surface area (Å²) in [6.45, 7) is 2.43. The number of halogens is 1. The summed E-state index contributed by atoms with van der Waals surface area (Å²) in [4.78, 5) is 25.2. The number of hydrogen-bond donors (Lipinski definition) is 3. The maximum Gasteiger partial charge on any atom is 0.263 e. The molecule has 2 amide bonds. The second-order valence-corrected chi connectivity index (χ2v) is 9.37. The Morgan fingerprint density at radius 3 is 2.32 bits per heavy atom. The SMILES string of the molecule is COCCNC(=O)c1ccccc1NC(=O)c1ccc(Cl)c(S(=O)(=O)Nc2ccccc2C)c1. The molecule has 178 valence electrons. The van der Waals surface area contributed by atoms with Crippen LogP contribution in [0.3, 0.4) is 0 Å². The van der Waals surface area contributed by atoms with E-state index in [1.54, 1.807) is 55.5 Å². The zero-order chi connectivity index (χ0) is 24.7. The average Bonchev–Trinajstić information content (AvgIpc) is 2.81. The van der Waals surface area contributed by atoms with Crippen LogP contribution >= 0.6 is 11.6 Å². The van der Waals surface area contributed by atoms with E-state index in [9.17, 15) is 18.0 Å². The van der Waals surface area contributed by atoms with Crippen molar-refractivity contribution in [2.24, 2.45) is 0 Å². The highest BCUT2D eigenvalue weighted by Crippen LogP contribution is 2.27. The summed E-state index contributed by atoms with van der Waals surface area (Å²) in [5, 5.41) is 5.33. The number of rotatable bonds is 9. The number of anilines is 2. The predicted octanol–water partition coefficient (Wildman–Crippen LogP) is 4.08. The quantitative estimate of drug-likeness (QED) is 0.382. The number of amides is 2. The van der Waals surface area contributed by atoms with E-state index in [-0.39, 0.29) is 32.6 Å². The number of carbonyl (C=O) groups is 2. The van der Waals surface area contributed by atoms with Crippen LogP contribution in [-0.2, 0) is 14.8 Å². The summed E-state index contributed by atoms with van der Waals surface area (Å²) in [5.41, 5.74) is 1.73. The van der Waals surface area contributed by atoms with Gasteiger partial charge >= 0.3 is 0 Å². The number of aryl methyl sites for hydroxylation is 1. The third-order valence-corrected chi connectivity index (χ3v) is 6.73. The zero-order valence-electron chi connectivity index (χ0n) is 18.6. The van der Waals surface area contributed by atoms with Crippen LogP contribution in [0.2, 0.25) is 5.02 Å². The number of nitrogens with one attached hydrogen (secondary N) is 3. The van der Waals surface area contributed by atoms with Crippen LogP contribution in [-0.4, -0.2) is 40.5 Å². The molecule has 10 heteroatoms. The summed E-state index contributed by atoms with van der Waals surface area (Å²) >= 11 is 6.16. The van der Waals surface area contributed by atoms with Gasteiger partial charge in [0.2, 0.25) is 0 Å². The Labute approximate surface area is 203 Å². The van der Waals surface area contributed by atoms with Crippen molar-refractivity contribution in [3.05, 3.63) is 88.4 Å². The molecular weight excluding hydrogens is 478 g/mol. The van der Waals surface area contributed by atoms with Gasteiger partial charge < -0.3 is 15.4 Å². The molecule has 0 spiro atoms. The highest BCUT2D eigenvalue weighted by molar-refractivity contribution is 7.92. The number of carbonyl (C=O) groups excluding carboxylic acids is 2. The number of sulfonamides is 1. The smallest absolute Gasteiger partial charge is 0.263 e. The minimum absolute atomic E-state index is 0.0319. The van der Waals surface area contributed by atoms with E-state index in [4.69, 9.17) is 16.3 Å². The largest absolute Gasteiger partial charge is 0.383 e. The number of methoxy groups -OCH3 is 1. The van der Waals surface area contributed by atoms with Gasteiger partial charge in [0.1, 0.15) is 4.90 Å². The van der Waals surface area contributed by atoms with Crippen LogP contribution in [0.25, 0.3) is 0 Å². The van der Waals surface area contributed by atoms with Crippen LogP contribution in [0, 0.1) is 6.92 Å². The van der Waals surface area contributed by atoms with E-state index in [0.29, 0.717) is 18.8 Å². The monoisotopic (exact) mass is 501 g/mol. The van der Waals surface area contributed by atoms with Gasteiger partial charge in [-0.1, -0.05) is 41.9 Å². The van der Waals surface area contributed by atoms with Gasteiger partial charge in [-0.05, 0) is 48.9 Å². The van der Waals surface area contributed by atoms with Crippen molar-refractivity contribution in [2.75, 3.05) is 30.3 Å². The molecule has 0 atom stereocenters. The molecule has 34 heavy (non-hydrogen) atoms.